The summed E-state index contributed by atoms with van der Waals surface area (Å²) < 4.78 is 47.9. The topological polar surface area (TPSA) is 55.9 Å². The van der Waals surface area contributed by atoms with E-state index < -0.39 is 11.9 Å². The van der Waals surface area contributed by atoms with E-state index in [1.54, 1.807) is 43.3 Å². The molecule has 1 aliphatic rings. The molecule has 29 heavy (non-hydrogen) atoms. The van der Waals surface area contributed by atoms with Gasteiger partial charge in [-0.05, 0) is 12.5 Å². The third-order valence-corrected chi connectivity index (χ3v) is 5.03. The number of aromatic nitrogens is 3. The summed E-state index contributed by atoms with van der Waals surface area (Å²) in [6, 6.07) is 10.2. The summed E-state index contributed by atoms with van der Waals surface area (Å²) in [5, 5.41) is 7.16. The van der Waals surface area contributed by atoms with Crippen LogP contribution >= 0.6 is 0 Å². The van der Waals surface area contributed by atoms with Crippen LogP contribution in [0.25, 0.3) is 16.8 Å². The van der Waals surface area contributed by atoms with Gasteiger partial charge < -0.3 is 15.0 Å². The number of anilines is 1. The molecule has 4 rings (SSSR count). The van der Waals surface area contributed by atoms with Gasteiger partial charge in [0.05, 0.1) is 31.9 Å². The van der Waals surface area contributed by atoms with Crippen molar-refractivity contribution in [2.24, 2.45) is 0 Å². The number of ether oxygens (including phenoxy) is 1. The molecule has 0 saturated carbocycles. The number of fused-ring (bicyclic) bond motifs is 1. The van der Waals surface area contributed by atoms with Crippen molar-refractivity contribution in [2.75, 3.05) is 44.7 Å². The van der Waals surface area contributed by atoms with Crippen LogP contribution in [0, 0.1) is 6.92 Å². The van der Waals surface area contributed by atoms with Crippen LogP contribution in [0.15, 0.2) is 36.4 Å². The van der Waals surface area contributed by atoms with Gasteiger partial charge >= 0.3 is 6.18 Å². The lowest BCUT2D eigenvalue weighted by Gasteiger charge is -2.23. The summed E-state index contributed by atoms with van der Waals surface area (Å²) in [4.78, 5) is 5.79. The van der Waals surface area contributed by atoms with Crippen LogP contribution in [-0.4, -0.2) is 54.0 Å². The first-order chi connectivity index (χ1) is 13.9. The van der Waals surface area contributed by atoms with Crippen molar-refractivity contribution in [3.8, 4) is 11.1 Å². The molecule has 1 saturated heterocycles. The number of rotatable bonds is 5. The second-order valence-corrected chi connectivity index (χ2v) is 7.14. The molecular weight excluding hydrogens is 383 g/mol. The third-order valence-electron chi connectivity index (χ3n) is 5.03. The number of hydrogen-bond acceptors (Lipinski definition) is 4. The monoisotopic (exact) mass is 406 g/mol. The number of alkyl halides is 3. The van der Waals surface area contributed by atoms with Crippen molar-refractivity contribution in [1.82, 2.24) is 14.6 Å². The summed E-state index contributed by atoms with van der Waals surface area (Å²) in [6.07, 6.45) is -4.58. The van der Waals surface area contributed by atoms with E-state index in [-0.39, 0.29) is 11.2 Å². The number of benzene rings is 1. The minimum Gasteiger partial charge on any atom is -0.370 e. The largest absolute Gasteiger partial charge is 0.435 e. The van der Waals surface area contributed by atoms with Crippen LogP contribution < -0.4 is 10.2 Å². The summed E-state index contributed by atoms with van der Waals surface area (Å²) in [5.41, 5.74) is 0.346. The number of aryl methyl sites for hydroxylation is 1. The predicted octanol–water partition coefficient (Wildman–Crippen LogP) is 2.05. The Kier molecular flexibility index (Phi) is 5.42. The molecule has 1 aromatic carbocycles. The number of hydrogen-bond donors (Lipinski definition) is 2. The van der Waals surface area contributed by atoms with Crippen LogP contribution in [0.4, 0.5) is 19.0 Å². The fraction of sp³-hybridized carbons (Fsp3) is 0.400. The van der Waals surface area contributed by atoms with Crippen molar-refractivity contribution in [3.05, 3.63) is 47.8 Å². The average molecular weight is 406 g/mol. The minimum atomic E-state index is -4.58. The van der Waals surface area contributed by atoms with Crippen LogP contribution in [0.5, 0.6) is 0 Å². The van der Waals surface area contributed by atoms with Crippen molar-refractivity contribution in [2.45, 2.75) is 13.1 Å². The zero-order valence-corrected chi connectivity index (χ0v) is 16.1. The van der Waals surface area contributed by atoms with Crippen LogP contribution in [0.1, 0.15) is 11.4 Å². The molecule has 2 aromatic heterocycles. The fourth-order valence-electron chi connectivity index (χ4n) is 3.61. The number of quaternary nitrogens is 1. The maximum absolute atomic E-state index is 13.8. The Labute approximate surface area is 166 Å². The van der Waals surface area contributed by atoms with E-state index in [4.69, 9.17) is 4.74 Å². The molecule has 0 aliphatic carbocycles. The first-order valence-corrected chi connectivity index (χ1v) is 9.61. The maximum atomic E-state index is 13.8. The quantitative estimate of drug-likeness (QED) is 0.681. The molecule has 6 nitrogen and oxygen atoms in total. The Morgan fingerprint density at radius 2 is 1.90 bits per heavy atom. The summed E-state index contributed by atoms with van der Waals surface area (Å²) in [5.74, 6) is 0.507. The molecular formula is C20H23F3N5O+. The number of nitrogens with zero attached hydrogens (tertiary/aromatic N) is 3. The Balaban J connectivity index is 1.71. The molecule has 0 radical (unpaired) electrons. The van der Waals surface area contributed by atoms with Crippen molar-refractivity contribution < 1.29 is 22.8 Å². The van der Waals surface area contributed by atoms with Gasteiger partial charge in [0.2, 0.25) is 0 Å². The highest BCUT2D eigenvalue weighted by Gasteiger charge is 2.39. The molecule has 0 atom stereocenters. The smallest absolute Gasteiger partial charge is 0.370 e. The molecule has 154 valence electrons. The summed E-state index contributed by atoms with van der Waals surface area (Å²) >= 11 is 0. The molecule has 1 fully saturated rings. The highest BCUT2D eigenvalue weighted by Crippen LogP contribution is 2.39. The Hall–Kier alpha value is -2.65. The lowest BCUT2D eigenvalue weighted by molar-refractivity contribution is -0.906. The van der Waals surface area contributed by atoms with E-state index in [1.807, 2.05) is 0 Å². The molecule has 0 bridgehead atoms. The van der Waals surface area contributed by atoms with Crippen molar-refractivity contribution in [3.63, 3.8) is 0 Å². The fourth-order valence-corrected chi connectivity index (χ4v) is 3.61. The van der Waals surface area contributed by atoms with Crippen LogP contribution in [0.3, 0.4) is 0 Å². The van der Waals surface area contributed by atoms with Gasteiger partial charge in [0.25, 0.3) is 0 Å². The minimum absolute atomic E-state index is 0.00338. The van der Waals surface area contributed by atoms with Gasteiger partial charge in [-0.2, -0.15) is 22.8 Å². The first kappa shape index (κ1) is 19.7. The molecule has 0 spiro atoms. The summed E-state index contributed by atoms with van der Waals surface area (Å²) in [7, 11) is 0. The van der Waals surface area contributed by atoms with Gasteiger partial charge in [-0.1, -0.05) is 30.3 Å². The standard InChI is InChI=1S/C20H22F3N5O/c1-14-13-16(24-7-8-27-9-11-29-12-10-27)28-19(25-14)17(15-5-3-2-4-6-15)18(26-28)20(21,22)23/h2-6,13,24H,7-12H2,1H3/p+1. The molecule has 1 aliphatic heterocycles. The van der Waals surface area contributed by atoms with Crippen LogP contribution in [0.2, 0.25) is 0 Å². The van der Waals surface area contributed by atoms with Gasteiger partial charge in [0.1, 0.15) is 18.9 Å². The second kappa shape index (κ2) is 8.00. The number of nitrogens with one attached hydrogen (secondary N) is 2. The molecule has 0 unspecified atom stereocenters. The molecule has 9 heteroatoms. The van der Waals surface area contributed by atoms with Gasteiger partial charge in [0.15, 0.2) is 11.3 Å². The van der Waals surface area contributed by atoms with Crippen molar-refractivity contribution >= 4 is 11.5 Å². The number of halogens is 3. The normalized spacial score (nSPS) is 15.7. The van der Waals surface area contributed by atoms with Gasteiger partial charge in [-0.15, -0.1) is 0 Å². The van der Waals surface area contributed by atoms with E-state index in [0.29, 0.717) is 23.6 Å². The number of morpholine rings is 1. The Bertz CT molecular complexity index is 981. The molecule has 3 aromatic rings. The van der Waals surface area contributed by atoms with E-state index >= 15 is 0 Å². The lowest BCUT2D eigenvalue weighted by atomic mass is 10.1. The average Bonchev–Trinajstić information content (AvgIpc) is 3.09. The summed E-state index contributed by atoms with van der Waals surface area (Å²) in [6.45, 7) is 6.59. The van der Waals surface area contributed by atoms with Gasteiger partial charge in [0, 0.05) is 11.8 Å². The predicted molar refractivity (Wildman–Crippen MR) is 103 cm³/mol. The van der Waals surface area contributed by atoms with Gasteiger partial charge in [-0.3, -0.25) is 0 Å². The SMILES string of the molecule is Cc1cc(NCC[NH+]2CCOCC2)n2nc(C(F)(F)F)c(-c3ccccc3)c2n1. The van der Waals surface area contributed by atoms with Crippen LogP contribution in [-0.2, 0) is 10.9 Å². The highest BCUT2D eigenvalue weighted by molar-refractivity contribution is 5.81. The maximum Gasteiger partial charge on any atom is 0.435 e. The molecule has 2 N–H and O–H groups in total. The Morgan fingerprint density at radius 3 is 2.59 bits per heavy atom. The highest BCUT2D eigenvalue weighted by atomic mass is 19.4. The third kappa shape index (κ3) is 4.20. The van der Waals surface area contributed by atoms with E-state index in [1.165, 1.54) is 9.42 Å². The lowest BCUT2D eigenvalue weighted by Crippen LogP contribution is -3.14. The van der Waals surface area contributed by atoms with Crippen molar-refractivity contribution in [1.29, 1.82) is 0 Å². The van der Waals surface area contributed by atoms with E-state index in [2.05, 4.69) is 15.4 Å². The van der Waals surface area contributed by atoms with E-state index in [0.717, 1.165) is 32.8 Å². The first-order valence-electron chi connectivity index (χ1n) is 9.61. The second-order valence-electron chi connectivity index (χ2n) is 7.14. The zero-order chi connectivity index (χ0) is 20.4. The zero-order valence-electron chi connectivity index (χ0n) is 16.1. The van der Waals surface area contributed by atoms with E-state index in [9.17, 15) is 13.2 Å². The molecule has 0 amide bonds. The van der Waals surface area contributed by atoms with Gasteiger partial charge in [-0.25, -0.2) is 4.98 Å². The molecule has 3 heterocycles. The Morgan fingerprint density at radius 1 is 1.17 bits per heavy atom.